The average Bonchev–Trinajstić information content (AvgIpc) is 2.53. The van der Waals surface area contributed by atoms with Crippen molar-refractivity contribution < 1.29 is 9.53 Å². The fraction of sp³-hybridized carbons (Fsp3) is 0.562. The van der Waals surface area contributed by atoms with E-state index in [1.165, 1.54) is 0 Å². The predicted octanol–water partition coefficient (Wildman–Crippen LogP) is 1.86. The zero-order valence-corrected chi connectivity index (χ0v) is 13.4. The van der Waals surface area contributed by atoms with Gasteiger partial charge in [0.1, 0.15) is 0 Å². The number of nitrogens with zero attached hydrogens (tertiary/aromatic N) is 1. The number of rotatable bonds is 7. The van der Waals surface area contributed by atoms with Crippen LogP contribution in [0.4, 0.5) is 0 Å². The molecular weight excluding hydrogens is 284 g/mol. The summed E-state index contributed by atoms with van der Waals surface area (Å²) in [6.45, 7) is 7.60. The van der Waals surface area contributed by atoms with E-state index in [4.69, 9.17) is 4.74 Å². The summed E-state index contributed by atoms with van der Waals surface area (Å²) >= 11 is 1.58. The molecule has 0 aromatic heterocycles. The van der Waals surface area contributed by atoms with Crippen LogP contribution in [0.1, 0.15) is 6.92 Å². The quantitative estimate of drug-likeness (QED) is 0.781. The summed E-state index contributed by atoms with van der Waals surface area (Å²) in [6.07, 6.45) is 0. The minimum absolute atomic E-state index is 0.109. The molecule has 1 N–H and O–H groups in total. The molecule has 1 aliphatic heterocycles. The molecule has 5 heteroatoms. The second-order valence-electron chi connectivity index (χ2n) is 5.42. The maximum absolute atomic E-state index is 11.8. The van der Waals surface area contributed by atoms with E-state index in [9.17, 15) is 4.79 Å². The Balaban J connectivity index is 1.59. The van der Waals surface area contributed by atoms with E-state index in [1.807, 2.05) is 30.3 Å². The van der Waals surface area contributed by atoms with Gasteiger partial charge in [0.2, 0.25) is 5.91 Å². The number of ether oxygens (including phenoxy) is 1. The van der Waals surface area contributed by atoms with Gasteiger partial charge in [0.15, 0.2) is 0 Å². The Morgan fingerprint density at radius 2 is 2.05 bits per heavy atom. The van der Waals surface area contributed by atoms with Crippen molar-refractivity contribution in [2.45, 2.75) is 11.8 Å². The zero-order valence-electron chi connectivity index (χ0n) is 12.6. The molecule has 1 unspecified atom stereocenters. The molecule has 21 heavy (non-hydrogen) atoms. The zero-order chi connectivity index (χ0) is 14.9. The Labute approximate surface area is 131 Å². The van der Waals surface area contributed by atoms with E-state index in [-0.39, 0.29) is 5.91 Å². The number of nitrogens with one attached hydrogen (secondary N) is 1. The van der Waals surface area contributed by atoms with Gasteiger partial charge in [0.05, 0.1) is 19.0 Å². The van der Waals surface area contributed by atoms with Crippen LogP contribution in [0.15, 0.2) is 35.2 Å². The summed E-state index contributed by atoms with van der Waals surface area (Å²) in [5.74, 6) is 1.06. The van der Waals surface area contributed by atoms with Crippen molar-refractivity contribution in [2.24, 2.45) is 5.92 Å². The van der Waals surface area contributed by atoms with Crippen LogP contribution in [-0.2, 0) is 9.53 Å². The number of thioether (sulfide) groups is 1. The highest BCUT2D eigenvalue weighted by Crippen LogP contribution is 2.16. The van der Waals surface area contributed by atoms with Crippen molar-refractivity contribution in [3.63, 3.8) is 0 Å². The van der Waals surface area contributed by atoms with Crippen LogP contribution < -0.4 is 5.32 Å². The van der Waals surface area contributed by atoms with Gasteiger partial charge in [0, 0.05) is 31.1 Å². The Morgan fingerprint density at radius 1 is 1.33 bits per heavy atom. The molecule has 0 spiro atoms. The number of carbonyl (C=O) groups is 1. The SMILES string of the molecule is CC(CNC(=O)CSc1ccccc1)CN1CCOCC1. The summed E-state index contributed by atoms with van der Waals surface area (Å²) in [4.78, 5) is 15.4. The largest absolute Gasteiger partial charge is 0.379 e. The summed E-state index contributed by atoms with van der Waals surface area (Å²) in [7, 11) is 0. The number of morpholine rings is 1. The van der Waals surface area contributed by atoms with Gasteiger partial charge in [-0.2, -0.15) is 0 Å². The third-order valence-electron chi connectivity index (χ3n) is 3.43. The van der Waals surface area contributed by atoms with Gasteiger partial charge in [0.25, 0.3) is 0 Å². The number of amides is 1. The third-order valence-corrected chi connectivity index (χ3v) is 4.45. The Hall–Kier alpha value is -1.04. The number of carbonyl (C=O) groups excluding carboxylic acids is 1. The van der Waals surface area contributed by atoms with Crippen LogP contribution in [-0.4, -0.2) is 56.0 Å². The van der Waals surface area contributed by atoms with Gasteiger partial charge < -0.3 is 10.1 Å². The van der Waals surface area contributed by atoms with E-state index in [1.54, 1.807) is 11.8 Å². The third kappa shape index (κ3) is 6.50. The lowest BCUT2D eigenvalue weighted by atomic mass is 10.1. The number of benzene rings is 1. The Kier molecular flexibility index (Phi) is 7.06. The van der Waals surface area contributed by atoms with Crippen LogP contribution in [0.2, 0.25) is 0 Å². The minimum Gasteiger partial charge on any atom is -0.379 e. The van der Waals surface area contributed by atoms with Crippen LogP contribution in [0, 0.1) is 5.92 Å². The molecule has 0 saturated carbocycles. The molecule has 1 aromatic rings. The van der Waals surface area contributed by atoms with Crippen LogP contribution in [0.5, 0.6) is 0 Å². The molecule has 1 atom stereocenters. The Morgan fingerprint density at radius 3 is 2.76 bits per heavy atom. The summed E-state index contributed by atoms with van der Waals surface area (Å²) in [6, 6.07) is 10.0. The topological polar surface area (TPSA) is 41.6 Å². The lowest BCUT2D eigenvalue weighted by Gasteiger charge is -2.29. The molecule has 1 heterocycles. The highest BCUT2D eigenvalue weighted by molar-refractivity contribution is 8.00. The standard InChI is InChI=1S/C16H24N2O2S/c1-14(12-18-7-9-20-10-8-18)11-17-16(19)13-21-15-5-3-2-4-6-15/h2-6,14H,7-13H2,1H3,(H,17,19). The fourth-order valence-corrected chi connectivity index (χ4v) is 3.04. The highest BCUT2D eigenvalue weighted by Gasteiger charge is 2.14. The van der Waals surface area contributed by atoms with Crippen molar-refractivity contribution >= 4 is 17.7 Å². The molecule has 0 bridgehead atoms. The van der Waals surface area contributed by atoms with Crippen molar-refractivity contribution in [3.05, 3.63) is 30.3 Å². The van der Waals surface area contributed by atoms with Crippen molar-refractivity contribution in [1.29, 1.82) is 0 Å². The normalized spacial score (nSPS) is 17.4. The van der Waals surface area contributed by atoms with Crippen LogP contribution in [0.3, 0.4) is 0 Å². The summed E-state index contributed by atoms with van der Waals surface area (Å²) < 4.78 is 5.34. The van der Waals surface area contributed by atoms with Crippen LogP contribution in [0.25, 0.3) is 0 Å². The van der Waals surface area contributed by atoms with E-state index in [0.29, 0.717) is 11.7 Å². The lowest BCUT2D eigenvalue weighted by molar-refractivity contribution is -0.118. The summed E-state index contributed by atoms with van der Waals surface area (Å²) in [5, 5.41) is 3.02. The molecule has 0 aliphatic carbocycles. The molecule has 4 nitrogen and oxygen atoms in total. The highest BCUT2D eigenvalue weighted by atomic mass is 32.2. The maximum atomic E-state index is 11.8. The number of hydrogen-bond donors (Lipinski definition) is 1. The van der Waals surface area contributed by atoms with Gasteiger partial charge >= 0.3 is 0 Å². The predicted molar refractivity (Wildman–Crippen MR) is 86.6 cm³/mol. The average molecular weight is 308 g/mol. The Bertz CT molecular complexity index is 422. The molecule has 1 amide bonds. The smallest absolute Gasteiger partial charge is 0.230 e. The molecule has 1 aromatic carbocycles. The first-order valence-electron chi connectivity index (χ1n) is 7.48. The first-order chi connectivity index (χ1) is 10.2. The van der Waals surface area contributed by atoms with Gasteiger partial charge in [-0.15, -0.1) is 11.8 Å². The molecular formula is C16H24N2O2S. The molecule has 1 aliphatic rings. The van der Waals surface area contributed by atoms with Gasteiger partial charge in [-0.1, -0.05) is 25.1 Å². The van der Waals surface area contributed by atoms with E-state index >= 15 is 0 Å². The maximum Gasteiger partial charge on any atom is 0.230 e. The minimum atomic E-state index is 0.109. The fourth-order valence-electron chi connectivity index (χ4n) is 2.29. The second kappa shape index (κ2) is 9.07. The second-order valence-corrected chi connectivity index (χ2v) is 6.47. The number of hydrogen-bond acceptors (Lipinski definition) is 4. The summed E-state index contributed by atoms with van der Waals surface area (Å²) in [5.41, 5.74) is 0. The molecule has 1 fully saturated rings. The van der Waals surface area contributed by atoms with E-state index in [2.05, 4.69) is 17.1 Å². The first-order valence-corrected chi connectivity index (χ1v) is 8.47. The van der Waals surface area contributed by atoms with Crippen molar-refractivity contribution in [1.82, 2.24) is 10.2 Å². The van der Waals surface area contributed by atoms with Crippen molar-refractivity contribution in [2.75, 3.05) is 45.1 Å². The molecule has 2 rings (SSSR count). The van der Waals surface area contributed by atoms with Crippen LogP contribution >= 0.6 is 11.8 Å². The van der Waals surface area contributed by atoms with Crippen molar-refractivity contribution in [3.8, 4) is 0 Å². The van der Waals surface area contributed by atoms with Gasteiger partial charge in [-0.25, -0.2) is 0 Å². The molecule has 116 valence electrons. The van der Waals surface area contributed by atoms with E-state index < -0.39 is 0 Å². The first kappa shape index (κ1) is 16.3. The van der Waals surface area contributed by atoms with E-state index in [0.717, 1.165) is 44.3 Å². The molecule has 0 radical (unpaired) electrons. The van der Waals surface area contributed by atoms with Gasteiger partial charge in [-0.3, -0.25) is 9.69 Å². The lowest BCUT2D eigenvalue weighted by Crippen LogP contribution is -2.41. The molecule has 1 saturated heterocycles. The monoisotopic (exact) mass is 308 g/mol. The van der Waals surface area contributed by atoms with Gasteiger partial charge in [-0.05, 0) is 18.1 Å².